The van der Waals surface area contributed by atoms with Gasteiger partial charge in [-0.3, -0.25) is 4.40 Å². The monoisotopic (exact) mass is 274 g/mol. The van der Waals surface area contributed by atoms with Crippen molar-refractivity contribution in [1.82, 2.24) is 14.6 Å². The maximum Gasteiger partial charge on any atom is 0.184 e. The summed E-state index contributed by atoms with van der Waals surface area (Å²) in [4.78, 5) is 0. The lowest BCUT2D eigenvalue weighted by atomic mass is 10.3. The van der Waals surface area contributed by atoms with E-state index in [1.54, 1.807) is 16.7 Å². The molecule has 3 aromatic rings. The van der Waals surface area contributed by atoms with E-state index in [9.17, 15) is 0 Å². The second-order valence-electron chi connectivity index (χ2n) is 4.03. The Kier molecular flexibility index (Phi) is 2.97. The highest BCUT2D eigenvalue weighted by Crippen LogP contribution is 2.19. The molecule has 0 unspecified atom stereocenters. The molecule has 0 saturated heterocycles. The predicted molar refractivity (Wildman–Crippen MR) is 73.2 cm³/mol. The number of fused-ring (bicyclic) bond motifs is 1. The Morgan fingerprint density at radius 1 is 1.21 bits per heavy atom. The minimum atomic E-state index is 0.297. The number of anilines is 1. The molecule has 0 radical (unpaired) electrons. The van der Waals surface area contributed by atoms with E-state index < -0.39 is 0 Å². The summed E-state index contributed by atoms with van der Waals surface area (Å²) >= 11 is 5.97. The van der Waals surface area contributed by atoms with Crippen LogP contribution in [0.4, 0.5) is 5.69 Å². The van der Waals surface area contributed by atoms with Crippen molar-refractivity contribution in [1.29, 1.82) is 0 Å². The van der Waals surface area contributed by atoms with Crippen LogP contribution in [0.5, 0.6) is 5.75 Å². The quantitative estimate of drug-likeness (QED) is 0.797. The smallest absolute Gasteiger partial charge is 0.184 e. The lowest BCUT2D eigenvalue weighted by Gasteiger charge is -2.05. The molecule has 0 atom stereocenters. The molecule has 1 aromatic carbocycles. The first-order valence-electron chi connectivity index (χ1n) is 5.70. The van der Waals surface area contributed by atoms with E-state index in [-0.39, 0.29) is 0 Å². The Hall–Kier alpha value is -2.27. The van der Waals surface area contributed by atoms with E-state index in [2.05, 4.69) is 10.2 Å². The zero-order chi connectivity index (χ0) is 13.2. The zero-order valence-electron chi connectivity index (χ0n) is 9.95. The maximum absolute atomic E-state index is 5.97. The van der Waals surface area contributed by atoms with Gasteiger partial charge in [0, 0.05) is 6.20 Å². The third-order valence-corrected chi connectivity index (χ3v) is 2.89. The molecule has 0 aliphatic carbocycles. The van der Waals surface area contributed by atoms with E-state index in [4.69, 9.17) is 22.1 Å². The van der Waals surface area contributed by atoms with E-state index in [1.807, 2.05) is 30.3 Å². The standard InChI is InChI=1S/C13H11ClN4O/c14-9-6-11(15)13-17-16-12(18(13)7-9)8-19-10-4-2-1-3-5-10/h1-7H,8,15H2. The summed E-state index contributed by atoms with van der Waals surface area (Å²) in [5.74, 6) is 1.42. The molecule has 2 aromatic heterocycles. The molecule has 2 heterocycles. The SMILES string of the molecule is Nc1cc(Cl)cn2c(COc3ccccc3)nnc12. The fraction of sp³-hybridized carbons (Fsp3) is 0.0769. The molecule has 0 saturated carbocycles. The number of nitrogens with zero attached hydrogens (tertiary/aromatic N) is 3. The number of benzene rings is 1. The van der Waals surface area contributed by atoms with Crippen molar-refractivity contribution in [2.24, 2.45) is 0 Å². The van der Waals surface area contributed by atoms with E-state index in [0.717, 1.165) is 5.75 Å². The van der Waals surface area contributed by atoms with Crippen LogP contribution in [0.1, 0.15) is 5.82 Å². The third-order valence-electron chi connectivity index (χ3n) is 2.68. The number of hydrogen-bond donors (Lipinski definition) is 1. The summed E-state index contributed by atoms with van der Waals surface area (Å²) in [6.45, 7) is 0.297. The van der Waals surface area contributed by atoms with E-state index in [1.165, 1.54) is 0 Å². The van der Waals surface area contributed by atoms with Crippen molar-refractivity contribution in [2.75, 3.05) is 5.73 Å². The molecule has 0 aliphatic heterocycles. The summed E-state index contributed by atoms with van der Waals surface area (Å²) in [6.07, 6.45) is 1.72. The fourth-order valence-corrected chi connectivity index (χ4v) is 2.01. The number of rotatable bonds is 3. The first-order valence-corrected chi connectivity index (χ1v) is 6.08. The highest BCUT2D eigenvalue weighted by molar-refractivity contribution is 6.30. The maximum atomic E-state index is 5.97. The first kappa shape index (κ1) is 11.8. The van der Waals surface area contributed by atoms with Crippen LogP contribution in [0.15, 0.2) is 42.6 Å². The van der Waals surface area contributed by atoms with Crippen molar-refractivity contribution >= 4 is 22.9 Å². The molecule has 3 rings (SSSR count). The van der Waals surface area contributed by atoms with Crippen LogP contribution in [0.3, 0.4) is 0 Å². The molecule has 0 spiro atoms. The number of aromatic nitrogens is 3. The molecule has 2 N–H and O–H groups in total. The summed E-state index contributed by atoms with van der Waals surface area (Å²) in [5, 5.41) is 8.62. The highest BCUT2D eigenvalue weighted by atomic mass is 35.5. The van der Waals surface area contributed by atoms with Gasteiger partial charge in [-0.05, 0) is 18.2 Å². The number of halogens is 1. The van der Waals surface area contributed by atoms with Gasteiger partial charge in [0.2, 0.25) is 0 Å². The van der Waals surface area contributed by atoms with Gasteiger partial charge in [-0.1, -0.05) is 29.8 Å². The molecule has 5 nitrogen and oxygen atoms in total. The highest BCUT2D eigenvalue weighted by Gasteiger charge is 2.09. The number of pyridine rings is 1. The van der Waals surface area contributed by atoms with Crippen LogP contribution >= 0.6 is 11.6 Å². The Balaban J connectivity index is 1.89. The van der Waals surface area contributed by atoms with Gasteiger partial charge < -0.3 is 10.5 Å². The summed E-state index contributed by atoms with van der Waals surface area (Å²) < 4.78 is 7.37. The predicted octanol–water partition coefficient (Wildman–Crippen LogP) is 2.54. The molecule has 19 heavy (non-hydrogen) atoms. The number of hydrogen-bond acceptors (Lipinski definition) is 4. The van der Waals surface area contributed by atoms with Gasteiger partial charge in [0.05, 0.1) is 10.7 Å². The van der Waals surface area contributed by atoms with Crippen molar-refractivity contribution in [3.63, 3.8) is 0 Å². The number of nitrogen functional groups attached to an aromatic ring is 1. The molecule has 0 bridgehead atoms. The molecule has 96 valence electrons. The summed E-state index contributed by atoms with van der Waals surface area (Å²) in [5.41, 5.74) is 6.90. The average molecular weight is 275 g/mol. The Morgan fingerprint density at radius 3 is 2.79 bits per heavy atom. The summed E-state index contributed by atoms with van der Waals surface area (Å²) in [6, 6.07) is 11.2. The third kappa shape index (κ3) is 2.32. The van der Waals surface area contributed by atoms with Crippen molar-refractivity contribution in [3.05, 3.63) is 53.4 Å². The van der Waals surface area contributed by atoms with Crippen LogP contribution in [0.2, 0.25) is 5.02 Å². The largest absolute Gasteiger partial charge is 0.486 e. The van der Waals surface area contributed by atoms with Crippen LogP contribution in [-0.2, 0) is 6.61 Å². The second kappa shape index (κ2) is 4.78. The second-order valence-corrected chi connectivity index (χ2v) is 4.46. The van der Waals surface area contributed by atoms with Gasteiger partial charge in [-0.15, -0.1) is 10.2 Å². The van der Waals surface area contributed by atoms with Crippen molar-refractivity contribution < 1.29 is 4.74 Å². The lowest BCUT2D eigenvalue weighted by molar-refractivity contribution is 0.294. The fourth-order valence-electron chi connectivity index (χ4n) is 1.79. The topological polar surface area (TPSA) is 65.4 Å². The molecule has 0 fully saturated rings. The Bertz CT molecular complexity index is 711. The number of ether oxygens (including phenoxy) is 1. The Labute approximate surface area is 114 Å². The van der Waals surface area contributed by atoms with Crippen LogP contribution < -0.4 is 10.5 Å². The van der Waals surface area contributed by atoms with Crippen molar-refractivity contribution in [2.45, 2.75) is 6.61 Å². The first-order chi connectivity index (χ1) is 9.24. The van der Waals surface area contributed by atoms with Crippen LogP contribution in [0.25, 0.3) is 5.65 Å². The van der Waals surface area contributed by atoms with E-state index >= 15 is 0 Å². The van der Waals surface area contributed by atoms with Gasteiger partial charge in [0.15, 0.2) is 11.5 Å². The minimum absolute atomic E-state index is 0.297. The van der Waals surface area contributed by atoms with Gasteiger partial charge in [0.25, 0.3) is 0 Å². The van der Waals surface area contributed by atoms with E-state index in [0.29, 0.717) is 28.8 Å². The van der Waals surface area contributed by atoms with Gasteiger partial charge in [-0.2, -0.15) is 0 Å². The van der Waals surface area contributed by atoms with Gasteiger partial charge in [0.1, 0.15) is 12.4 Å². The normalized spacial score (nSPS) is 10.8. The Morgan fingerprint density at radius 2 is 2.00 bits per heavy atom. The molecular weight excluding hydrogens is 264 g/mol. The lowest BCUT2D eigenvalue weighted by Crippen LogP contribution is -2.02. The number of nitrogens with two attached hydrogens (primary N) is 1. The van der Waals surface area contributed by atoms with Crippen LogP contribution in [0, 0.1) is 0 Å². The van der Waals surface area contributed by atoms with Crippen molar-refractivity contribution in [3.8, 4) is 5.75 Å². The van der Waals surface area contributed by atoms with Crippen LogP contribution in [-0.4, -0.2) is 14.6 Å². The molecular formula is C13H11ClN4O. The molecule has 6 heteroatoms. The molecule has 0 amide bonds. The average Bonchev–Trinajstić information content (AvgIpc) is 2.81. The zero-order valence-corrected chi connectivity index (χ0v) is 10.7. The summed E-state index contributed by atoms with van der Waals surface area (Å²) in [7, 11) is 0. The van der Waals surface area contributed by atoms with Gasteiger partial charge in [-0.25, -0.2) is 0 Å². The van der Waals surface area contributed by atoms with Gasteiger partial charge >= 0.3 is 0 Å². The number of para-hydroxylation sites is 1. The molecule has 0 aliphatic rings. The minimum Gasteiger partial charge on any atom is -0.486 e.